The quantitative estimate of drug-likeness (QED) is 0.485. The molecular formula is C21H15ClN2O3S. The number of carbonyl (C=O) groups is 2. The lowest BCUT2D eigenvalue weighted by Crippen LogP contribution is -2.43. The average molecular weight is 411 g/mol. The highest BCUT2D eigenvalue weighted by Crippen LogP contribution is 2.34. The fourth-order valence-electron chi connectivity index (χ4n) is 2.84. The zero-order chi connectivity index (χ0) is 19.5. The van der Waals surface area contributed by atoms with Crippen LogP contribution in [-0.4, -0.2) is 18.4 Å². The smallest absolute Gasteiger partial charge is 0.281 e. The van der Waals surface area contributed by atoms with Crippen molar-refractivity contribution in [1.29, 1.82) is 0 Å². The fraction of sp³-hybridized carbons (Fsp3) is 0.0476. The largest absolute Gasteiger partial charge is 0.483 e. The number of carbonyl (C=O) groups excluding carboxylic acids is 2. The van der Waals surface area contributed by atoms with Crippen LogP contribution in [0.5, 0.6) is 5.75 Å². The Balaban J connectivity index is 1.37. The van der Waals surface area contributed by atoms with Crippen molar-refractivity contribution in [2.24, 2.45) is 0 Å². The molecule has 0 unspecified atom stereocenters. The summed E-state index contributed by atoms with van der Waals surface area (Å²) in [5.74, 6) is -0.338. The van der Waals surface area contributed by atoms with Crippen LogP contribution in [0.2, 0.25) is 5.02 Å². The lowest BCUT2D eigenvalue weighted by molar-refractivity contribution is -0.123. The summed E-state index contributed by atoms with van der Waals surface area (Å²) in [6, 6.07) is 20.8. The molecule has 3 aromatic carbocycles. The van der Waals surface area contributed by atoms with Crippen LogP contribution in [0.4, 0.5) is 0 Å². The minimum atomic E-state index is -0.474. The van der Waals surface area contributed by atoms with Crippen molar-refractivity contribution in [2.75, 3.05) is 6.61 Å². The lowest BCUT2D eigenvalue weighted by Gasteiger charge is -2.10. The molecule has 2 amide bonds. The zero-order valence-electron chi connectivity index (χ0n) is 14.6. The summed E-state index contributed by atoms with van der Waals surface area (Å²) in [7, 11) is 0. The molecule has 0 bridgehead atoms. The molecule has 5 nitrogen and oxygen atoms in total. The van der Waals surface area contributed by atoms with Crippen molar-refractivity contribution >= 4 is 55.6 Å². The van der Waals surface area contributed by atoms with E-state index in [1.807, 2.05) is 60.7 Å². The van der Waals surface area contributed by atoms with Crippen molar-refractivity contribution in [1.82, 2.24) is 10.9 Å². The minimum Gasteiger partial charge on any atom is -0.483 e. The molecule has 4 aromatic rings. The number of halogens is 1. The first-order valence-electron chi connectivity index (χ1n) is 8.50. The molecule has 4 rings (SSSR count). The molecule has 0 fully saturated rings. The second kappa shape index (κ2) is 7.88. The fourth-order valence-corrected chi connectivity index (χ4v) is 4.26. The van der Waals surface area contributed by atoms with Crippen LogP contribution in [0.1, 0.15) is 9.67 Å². The minimum absolute atomic E-state index is 0.228. The molecule has 28 heavy (non-hydrogen) atoms. The normalized spacial score (nSPS) is 10.8. The van der Waals surface area contributed by atoms with E-state index in [2.05, 4.69) is 10.9 Å². The van der Waals surface area contributed by atoms with Crippen molar-refractivity contribution < 1.29 is 14.3 Å². The van der Waals surface area contributed by atoms with E-state index in [-0.39, 0.29) is 6.61 Å². The number of rotatable bonds is 4. The zero-order valence-corrected chi connectivity index (χ0v) is 16.1. The van der Waals surface area contributed by atoms with Gasteiger partial charge in [-0.05, 0) is 17.5 Å². The van der Waals surface area contributed by atoms with Crippen LogP contribution in [-0.2, 0) is 4.79 Å². The molecule has 0 radical (unpaired) electrons. The molecule has 0 saturated carbocycles. The van der Waals surface area contributed by atoms with E-state index >= 15 is 0 Å². The van der Waals surface area contributed by atoms with Gasteiger partial charge in [0, 0.05) is 15.5 Å². The number of benzene rings is 3. The molecule has 0 atom stereocenters. The second-order valence-electron chi connectivity index (χ2n) is 6.01. The van der Waals surface area contributed by atoms with Gasteiger partial charge in [-0.2, -0.15) is 0 Å². The van der Waals surface area contributed by atoms with Gasteiger partial charge in [-0.25, -0.2) is 0 Å². The van der Waals surface area contributed by atoms with E-state index in [9.17, 15) is 9.59 Å². The monoisotopic (exact) mass is 410 g/mol. The van der Waals surface area contributed by atoms with E-state index in [4.69, 9.17) is 16.3 Å². The Kier molecular flexibility index (Phi) is 5.14. The van der Waals surface area contributed by atoms with Crippen LogP contribution in [0.3, 0.4) is 0 Å². The van der Waals surface area contributed by atoms with E-state index < -0.39 is 11.8 Å². The number of hydrazine groups is 1. The van der Waals surface area contributed by atoms with Gasteiger partial charge in [0.05, 0.1) is 5.02 Å². The van der Waals surface area contributed by atoms with Gasteiger partial charge < -0.3 is 4.74 Å². The Morgan fingerprint density at radius 2 is 1.61 bits per heavy atom. The third kappa shape index (κ3) is 3.65. The molecule has 0 aliphatic carbocycles. The highest BCUT2D eigenvalue weighted by molar-refractivity contribution is 7.21. The number of amides is 2. The maximum atomic E-state index is 12.3. The Bertz CT molecular complexity index is 1180. The number of hydrogen-bond acceptors (Lipinski definition) is 4. The third-order valence-electron chi connectivity index (χ3n) is 4.16. The van der Waals surface area contributed by atoms with Gasteiger partial charge in [0.1, 0.15) is 10.6 Å². The molecule has 1 heterocycles. The van der Waals surface area contributed by atoms with Crippen molar-refractivity contribution in [3.05, 3.63) is 76.6 Å². The van der Waals surface area contributed by atoms with Gasteiger partial charge in [-0.3, -0.25) is 20.4 Å². The standard InChI is InChI=1S/C21H15ClN2O3S/c22-19-15-9-3-4-11-17(15)28-20(19)21(26)24-23-18(25)12-27-16-10-5-7-13-6-1-2-8-14(13)16/h1-11H,12H2,(H,23,25)(H,24,26). The molecule has 0 saturated heterocycles. The number of nitrogens with one attached hydrogen (secondary N) is 2. The van der Waals surface area contributed by atoms with Gasteiger partial charge in [-0.15, -0.1) is 11.3 Å². The average Bonchev–Trinajstić information content (AvgIpc) is 3.07. The maximum absolute atomic E-state index is 12.3. The predicted molar refractivity (Wildman–Crippen MR) is 112 cm³/mol. The Labute approximate surface area is 169 Å². The maximum Gasteiger partial charge on any atom is 0.281 e. The summed E-state index contributed by atoms with van der Waals surface area (Å²) >= 11 is 7.54. The molecule has 0 aliphatic rings. The van der Waals surface area contributed by atoms with Crippen LogP contribution in [0, 0.1) is 0 Å². The predicted octanol–water partition coefficient (Wildman–Crippen LogP) is 4.55. The SMILES string of the molecule is O=C(COc1cccc2ccccc12)NNC(=O)c1sc2ccccc2c1Cl. The topological polar surface area (TPSA) is 67.4 Å². The Morgan fingerprint density at radius 1 is 0.893 bits per heavy atom. The first kappa shape index (κ1) is 18.3. The molecule has 0 aliphatic heterocycles. The van der Waals surface area contributed by atoms with Gasteiger partial charge >= 0.3 is 0 Å². The molecule has 7 heteroatoms. The molecule has 0 spiro atoms. The van der Waals surface area contributed by atoms with E-state index in [1.165, 1.54) is 11.3 Å². The third-order valence-corrected chi connectivity index (χ3v) is 5.84. The number of ether oxygens (including phenoxy) is 1. The summed E-state index contributed by atoms with van der Waals surface area (Å²) in [6.07, 6.45) is 0. The van der Waals surface area contributed by atoms with Crippen molar-refractivity contribution in [3.63, 3.8) is 0 Å². The number of thiophene rings is 1. The van der Waals surface area contributed by atoms with E-state index in [0.717, 1.165) is 20.9 Å². The Morgan fingerprint density at radius 3 is 2.43 bits per heavy atom. The van der Waals surface area contributed by atoms with Crippen molar-refractivity contribution in [3.8, 4) is 5.75 Å². The molecule has 140 valence electrons. The van der Waals surface area contributed by atoms with Crippen LogP contribution in [0.25, 0.3) is 20.9 Å². The number of hydrogen-bond donors (Lipinski definition) is 2. The summed E-state index contributed by atoms with van der Waals surface area (Å²) < 4.78 is 6.51. The van der Waals surface area contributed by atoms with Crippen LogP contribution in [0.15, 0.2) is 66.7 Å². The summed E-state index contributed by atoms with van der Waals surface area (Å²) in [4.78, 5) is 24.8. The first-order valence-corrected chi connectivity index (χ1v) is 9.70. The van der Waals surface area contributed by atoms with Gasteiger partial charge in [0.15, 0.2) is 6.61 Å². The van der Waals surface area contributed by atoms with Gasteiger partial charge in [-0.1, -0.05) is 66.2 Å². The Hall–Kier alpha value is -3.09. The first-order chi connectivity index (χ1) is 13.6. The van der Waals surface area contributed by atoms with Gasteiger partial charge in [0.25, 0.3) is 11.8 Å². The van der Waals surface area contributed by atoms with Crippen molar-refractivity contribution in [2.45, 2.75) is 0 Å². The lowest BCUT2D eigenvalue weighted by atomic mass is 10.1. The summed E-state index contributed by atoms with van der Waals surface area (Å²) in [6.45, 7) is -0.228. The number of fused-ring (bicyclic) bond motifs is 2. The highest BCUT2D eigenvalue weighted by atomic mass is 35.5. The summed E-state index contributed by atoms with van der Waals surface area (Å²) in [5.41, 5.74) is 4.74. The van der Waals surface area contributed by atoms with E-state index in [0.29, 0.717) is 15.6 Å². The summed E-state index contributed by atoms with van der Waals surface area (Å²) in [5, 5.41) is 3.12. The highest BCUT2D eigenvalue weighted by Gasteiger charge is 2.17. The van der Waals surface area contributed by atoms with Gasteiger partial charge in [0.2, 0.25) is 0 Å². The molecule has 1 aromatic heterocycles. The second-order valence-corrected chi connectivity index (χ2v) is 7.44. The molecular weight excluding hydrogens is 396 g/mol. The molecule has 2 N–H and O–H groups in total. The van der Waals surface area contributed by atoms with Crippen LogP contribution < -0.4 is 15.6 Å². The van der Waals surface area contributed by atoms with Crippen LogP contribution >= 0.6 is 22.9 Å². The van der Waals surface area contributed by atoms with E-state index in [1.54, 1.807) is 6.07 Å².